The van der Waals surface area contributed by atoms with Crippen LogP contribution < -0.4 is 10.6 Å². The molecule has 0 spiro atoms. The lowest BCUT2D eigenvalue weighted by Crippen LogP contribution is -2.30. The zero-order chi connectivity index (χ0) is 21.8. The summed E-state index contributed by atoms with van der Waals surface area (Å²) in [6.07, 6.45) is 0. The van der Waals surface area contributed by atoms with Crippen LogP contribution in [-0.4, -0.2) is 29.8 Å². The summed E-state index contributed by atoms with van der Waals surface area (Å²) in [4.78, 5) is 27.2. The molecule has 0 unspecified atom stereocenters. The fraction of sp³-hybridized carbons (Fsp3) is 0.154. The third kappa shape index (κ3) is 4.08. The van der Waals surface area contributed by atoms with Gasteiger partial charge in [-0.2, -0.15) is 0 Å². The van der Waals surface area contributed by atoms with Gasteiger partial charge in [-0.05, 0) is 49.7 Å². The fourth-order valence-corrected chi connectivity index (χ4v) is 3.78. The van der Waals surface area contributed by atoms with Crippen LogP contribution in [0.5, 0.6) is 0 Å². The van der Waals surface area contributed by atoms with Gasteiger partial charge in [-0.1, -0.05) is 48.5 Å². The van der Waals surface area contributed by atoms with Gasteiger partial charge in [0.2, 0.25) is 0 Å². The van der Waals surface area contributed by atoms with Crippen molar-refractivity contribution in [3.8, 4) is 0 Å². The Labute approximate surface area is 182 Å². The molecule has 4 rings (SSSR count). The molecule has 5 heteroatoms. The molecule has 0 radical (unpaired) electrons. The van der Waals surface area contributed by atoms with Gasteiger partial charge in [0.05, 0.1) is 11.3 Å². The van der Waals surface area contributed by atoms with Crippen molar-refractivity contribution in [2.75, 3.05) is 23.7 Å². The fourth-order valence-electron chi connectivity index (χ4n) is 3.78. The van der Waals surface area contributed by atoms with Crippen LogP contribution in [0.1, 0.15) is 35.3 Å². The summed E-state index contributed by atoms with van der Waals surface area (Å²) in [5, 5.41) is 6.37. The Kier molecular flexibility index (Phi) is 5.85. The highest BCUT2D eigenvalue weighted by molar-refractivity contribution is 6.37. The van der Waals surface area contributed by atoms with E-state index in [0.717, 1.165) is 28.2 Å². The smallest absolute Gasteiger partial charge is 0.258 e. The first kappa shape index (κ1) is 20.4. The predicted molar refractivity (Wildman–Crippen MR) is 126 cm³/mol. The van der Waals surface area contributed by atoms with Crippen molar-refractivity contribution in [1.29, 1.82) is 0 Å². The molecular weight excluding hydrogens is 386 g/mol. The molecule has 156 valence electrons. The molecule has 0 aliphatic carbocycles. The number of nitrogens with one attached hydrogen (secondary N) is 2. The number of rotatable bonds is 6. The average Bonchev–Trinajstić information content (AvgIpc) is 3.14. The van der Waals surface area contributed by atoms with E-state index in [1.165, 1.54) is 0 Å². The van der Waals surface area contributed by atoms with E-state index in [9.17, 15) is 9.59 Å². The number of hydrogen-bond donors (Lipinski definition) is 2. The van der Waals surface area contributed by atoms with Crippen LogP contribution in [0, 0.1) is 0 Å². The highest BCUT2D eigenvalue weighted by Crippen LogP contribution is 2.37. The van der Waals surface area contributed by atoms with Crippen LogP contribution in [0.3, 0.4) is 0 Å². The Morgan fingerprint density at radius 2 is 1.48 bits per heavy atom. The summed E-state index contributed by atoms with van der Waals surface area (Å²) in [5.41, 5.74) is 5.36. The molecule has 0 saturated carbocycles. The standard InChI is InChI=1S/C26H25N3O2/c1-3-29(4-2)26(31)19-14-16-20(17-15-19)27-24(18-10-6-5-7-11-18)23-21-12-8-9-13-22(21)28-25(23)30/h5-17,27H,3-4H2,1-2H3,(H,28,30)/b24-23-. The van der Waals surface area contributed by atoms with E-state index in [-0.39, 0.29) is 11.8 Å². The SMILES string of the molecule is CCN(CC)C(=O)c1ccc(N/C(=C2\C(=O)Nc3ccccc32)c2ccccc2)cc1. The van der Waals surface area contributed by atoms with Crippen LogP contribution in [0.4, 0.5) is 11.4 Å². The topological polar surface area (TPSA) is 61.4 Å². The van der Waals surface area contributed by atoms with E-state index in [2.05, 4.69) is 10.6 Å². The number of amides is 2. The number of hydrogen-bond acceptors (Lipinski definition) is 3. The average molecular weight is 412 g/mol. The monoisotopic (exact) mass is 411 g/mol. The zero-order valence-corrected chi connectivity index (χ0v) is 17.7. The largest absolute Gasteiger partial charge is 0.354 e. The summed E-state index contributed by atoms with van der Waals surface area (Å²) in [7, 11) is 0. The first-order valence-electron chi connectivity index (χ1n) is 10.5. The highest BCUT2D eigenvalue weighted by Gasteiger charge is 2.28. The van der Waals surface area contributed by atoms with Crippen LogP contribution in [0.15, 0.2) is 78.9 Å². The van der Waals surface area contributed by atoms with E-state index in [0.29, 0.717) is 24.2 Å². The van der Waals surface area contributed by atoms with Crippen molar-refractivity contribution in [2.45, 2.75) is 13.8 Å². The van der Waals surface area contributed by atoms with Crippen molar-refractivity contribution in [3.05, 3.63) is 95.6 Å². The number of benzene rings is 3. The number of carbonyl (C=O) groups is 2. The Balaban J connectivity index is 1.73. The van der Waals surface area contributed by atoms with Gasteiger partial charge in [0.15, 0.2) is 0 Å². The molecular formula is C26H25N3O2. The minimum absolute atomic E-state index is 0.0160. The van der Waals surface area contributed by atoms with Crippen molar-refractivity contribution in [3.63, 3.8) is 0 Å². The molecule has 3 aromatic rings. The summed E-state index contributed by atoms with van der Waals surface area (Å²) in [5.74, 6) is -0.122. The minimum Gasteiger partial charge on any atom is -0.354 e. The Hall–Kier alpha value is -3.86. The number of fused-ring (bicyclic) bond motifs is 1. The molecule has 1 aliphatic rings. The summed E-state index contributed by atoms with van der Waals surface area (Å²) in [6, 6.07) is 24.8. The number of carbonyl (C=O) groups excluding carboxylic acids is 2. The lowest BCUT2D eigenvalue weighted by molar-refractivity contribution is -0.110. The molecule has 2 amide bonds. The van der Waals surface area contributed by atoms with Gasteiger partial charge >= 0.3 is 0 Å². The van der Waals surface area contributed by atoms with Gasteiger partial charge in [0.25, 0.3) is 11.8 Å². The lowest BCUT2D eigenvalue weighted by atomic mass is 10.00. The second-order valence-corrected chi connectivity index (χ2v) is 7.30. The van der Waals surface area contributed by atoms with Gasteiger partial charge in [0, 0.05) is 35.6 Å². The molecule has 0 fully saturated rings. The van der Waals surface area contributed by atoms with Gasteiger partial charge in [-0.15, -0.1) is 0 Å². The molecule has 0 atom stereocenters. The first-order chi connectivity index (χ1) is 15.1. The predicted octanol–water partition coefficient (Wildman–Crippen LogP) is 5.10. The van der Waals surface area contributed by atoms with Gasteiger partial charge in [0.1, 0.15) is 0 Å². The minimum atomic E-state index is -0.138. The van der Waals surface area contributed by atoms with E-state index >= 15 is 0 Å². The normalized spacial score (nSPS) is 13.9. The molecule has 2 N–H and O–H groups in total. The van der Waals surface area contributed by atoms with Crippen LogP contribution >= 0.6 is 0 Å². The molecule has 3 aromatic carbocycles. The molecule has 1 heterocycles. The Morgan fingerprint density at radius 3 is 2.16 bits per heavy atom. The second kappa shape index (κ2) is 8.88. The van der Waals surface area contributed by atoms with Crippen molar-refractivity contribution < 1.29 is 9.59 Å². The maximum Gasteiger partial charge on any atom is 0.258 e. The summed E-state index contributed by atoms with van der Waals surface area (Å²) in [6.45, 7) is 5.29. The van der Waals surface area contributed by atoms with Gasteiger partial charge in [-0.25, -0.2) is 0 Å². The van der Waals surface area contributed by atoms with E-state index in [1.54, 1.807) is 4.90 Å². The molecule has 1 aliphatic heterocycles. The summed E-state index contributed by atoms with van der Waals surface area (Å²) >= 11 is 0. The van der Waals surface area contributed by atoms with E-state index < -0.39 is 0 Å². The van der Waals surface area contributed by atoms with Crippen LogP contribution in [0.2, 0.25) is 0 Å². The molecule has 0 bridgehead atoms. The maximum absolute atomic E-state index is 12.9. The molecule has 0 saturated heterocycles. The molecule has 0 aromatic heterocycles. The van der Waals surface area contributed by atoms with Crippen molar-refractivity contribution in [2.24, 2.45) is 0 Å². The first-order valence-corrected chi connectivity index (χ1v) is 10.5. The van der Waals surface area contributed by atoms with E-state index in [1.807, 2.05) is 92.7 Å². The second-order valence-electron chi connectivity index (χ2n) is 7.30. The Bertz CT molecular complexity index is 1130. The zero-order valence-electron chi connectivity index (χ0n) is 17.7. The number of anilines is 2. The molecule has 31 heavy (non-hydrogen) atoms. The number of para-hydroxylation sites is 1. The van der Waals surface area contributed by atoms with Gasteiger partial charge < -0.3 is 15.5 Å². The van der Waals surface area contributed by atoms with Crippen LogP contribution in [0.25, 0.3) is 11.3 Å². The Morgan fingerprint density at radius 1 is 0.839 bits per heavy atom. The van der Waals surface area contributed by atoms with Crippen LogP contribution in [-0.2, 0) is 4.79 Å². The molecule has 5 nitrogen and oxygen atoms in total. The summed E-state index contributed by atoms with van der Waals surface area (Å²) < 4.78 is 0. The third-order valence-corrected chi connectivity index (χ3v) is 5.44. The van der Waals surface area contributed by atoms with Crippen molar-refractivity contribution in [1.82, 2.24) is 4.90 Å². The quantitative estimate of drug-likeness (QED) is 0.555. The third-order valence-electron chi connectivity index (χ3n) is 5.44. The van der Waals surface area contributed by atoms with Gasteiger partial charge in [-0.3, -0.25) is 9.59 Å². The highest BCUT2D eigenvalue weighted by atomic mass is 16.2. The number of nitrogens with zero attached hydrogens (tertiary/aromatic N) is 1. The van der Waals surface area contributed by atoms with E-state index in [4.69, 9.17) is 0 Å². The lowest BCUT2D eigenvalue weighted by Gasteiger charge is -2.19. The van der Waals surface area contributed by atoms with Crippen molar-refractivity contribution >= 4 is 34.5 Å². The maximum atomic E-state index is 12.9.